The van der Waals surface area contributed by atoms with Crippen LogP contribution >= 0.6 is 11.6 Å². The molecule has 1 aromatic rings. The molecule has 1 N–H and O–H groups in total. The lowest BCUT2D eigenvalue weighted by Crippen LogP contribution is -2.33. The maximum atomic E-state index is 11.5. The number of benzene rings is 1. The van der Waals surface area contributed by atoms with Crippen LogP contribution in [0.1, 0.15) is 19.4 Å². The molecule has 4 nitrogen and oxygen atoms in total. The molecule has 0 aliphatic carbocycles. The first-order chi connectivity index (χ1) is 8.04. The molecule has 0 saturated carbocycles. The number of nitrogens with zero attached hydrogens (tertiary/aromatic N) is 1. The molecule has 1 rings (SSSR count). The Morgan fingerprint density at radius 3 is 2.88 bits per heavy atom. The summed E-state index contributed by atoms with van der Waals surface area (Å²) < 4.78 is 5.51. The van der Waals surface area contributed by atoms with E-state index in [1.54, 1.807) is 32.0 Å². The fourth-order valence-corrected chi connectivity index (χ4v) is 1.43. The van der Waals surface area contributed by atoms with Crippen LogP contribution in [0.5, 0.6) is 5.75 Å². The number of halogens is 1. The summed E-state index contributed by atoms with van der Waals surface area (Å²) >= 11 is 5.83. The number of amides is 1. The summed E-state index contributed by atoms with van der Waals surface area (Å²) in [4.78, 5) is 11.5. The van der Waals surface area contributed by atoms with Crippen molar-refractivity contribution in [3.8, 4) is 5.75 Å². The molecule has 17 heavy (non-hydrogen) atoms. The number of hydrogen-bond acceptors (Lipinski definition) is 3. The summed E-state index contributed by atoms with van der Waals surface area (Å²) in [5.41, 5.74) is 3.25. The van der Waals surface area contributed by atoms with E-state index in [0.29, 0.717) is 10.8 Å². The third-order valence-corrected chi connectivity index (χ3v) is 2.35. The van der Waals surface area contributed by atoms with Crippen LogP contribution in [0.2, 0.25) is 5.02 Å². The van der Waals surface area contributed by atoms with Crippen LogP contribution in [0.4, 0.5) is 0 Å². The molecular formula is C12H15ClN2O2. The molecule has 1 amide bonds. The van der Waals surface area contributed by atoms with Crippen molar-refractivity contribution in [2.45, 2.75) is 26.9 Å². The number of hydrogen-bond donors (Lipinski definition) is 1. The summed E-state index contributed by atoms with van der Waals surface area (Å²) in [6.45, 7) is 5.25. The Bertz CT molecular complexity index is 433. The Kier molecular flexibility index (Phi) is 4.97. The van der Waals surface area contributed by atoms with E-state index in [1.807, 2.05) is 6.92 Å². The van der Waals surface area contributed by atoms with E-state index >= 15 is 0 Å². The number of carbonyl (C=O) groups is 1. The van der Waals surface area contributed by atoms with Crippen molar-refractivity contribution >= 4 is 23.7 Å². The average molecular weight is 255 g/mol. The van der Waals surface area contributed by atoms with E-state index in [9.17, 15) is 4.79 Å². The maximum absolute atomic E-state index is 11.5. The lowest BCUT2D eigenvalue weighted by molar-refractivity contribution is -0.127. The van der Waals surface area contributed by atoms with E-state index in [-0.39, 0.29) is 5.91 Å². The first-order valence-electron chi connectivity index (χ1n) is 5.25. The molecule has 1 aromatic carbocycles. The van der Waals surface area contributed by atoms with Gasteiger partial charge in [-0.3, -0.25) is 4.79 Å². The van der Waals surface area contributed by atoms with E-state index in [0.717, 1.165) is 5.56 Å². The summed E-state index contributed by atoms with van der Waals surface area (Å²) in [6, 6.07) is 5.24. The van der Waals surface area contributed by atoms with Crippen molar-refractivity contribution in [2.75, 3.05) is 0 Å². The topological polar surface area (TPSA) is 50.7 Å². The predicted octanol–water partition coefficient (Wildman–Crippen LogP) is 2.54. The van der Waals surface area contributed by atoms with Gasteiger partial charge in [0.05, 0.1) is 0 Å². The second-order valence-corrected chi connectivity index (χ2v) is 3.97. The van der Waals surface area contributed by atoms with Gasteiger partial charge in [0.2, 0.25) is 0 Å². The monoisotopic (exact) mass is 254 g/mol. The van der Waals surface area contributed by atoms with Crippen LogP contribution in [0, 0.1) is 6.92 Å². The van der Waals surface area contributed by atoms with Gasteiger partial charge in [0.1, 0.15) is 5.75 Å². The number of carbonyl (C=O) groups excluding carboxylic acids is 1. The van der Waals surface area contributed by atoms with Gasteiger partial charge >= 0.3 is 0 Å². The van der Waals surface area contributed by atoms with Gasteiger partial charge in [0, 0.05) is 11.2 Å². The fourth-order valence-electron chi connectivity index (χ4n) is 1.21. The highest BCUT2D eigenvalue weighted by Crippen LogP contribution is 2.22. The molecule has 0 aliphatic rings. The van der Waals surface area contributed by atoms with Crippen molar-refractivity contribution in [2.24, 2.45) is 5.10 Å². The molecule has 1 atom stereocenters. The first-order valence-corrected chi connectivity index (χ1v) is 5.62. The Balaban J connectivity index is 2.67. The molecule has 0 heterocycles. The predicted molar refractivity (Wildman–Crippen MR) is 68.6 cm³/mol. The zero-order valence-electron chi connectivity index (χ0n) is 10.0. The van der Waals surface area contributed by atoms with Crippen molar-refractivity contribution in [3.63, 3.8) is 0 Å². The maximum Gasteiger partial charge on any atom is 0.280 e. The van der Waals surface area contributed by atoms with Crippen molar-refractivity contribution in [3.05, 3.63) is 28.8 Å². The summed E-state index contributed by atoms with van der Waals surface area (Å²) in [6.07, 6.45) is 0.886. The van der Waals surface area contributed by atoms with Gasteiger partial charge in [0.15, 0.2) is 6.10 Å². The van der Waals surface area contributed by atoms with Gasteiger partial charge in [0.25, 0.3) is 5.91 Å². The summed E-state index contributed by atoms with van der Waals surface area (Å²) in [5.74, 6) is 0.343. The highest BCUT2D eigenvalue weighted by molar-refractivity contribution is 6.30. The third kappa shape index (κ3) is 4.07. The van der Waals surface area contributed by atoms with Crippen LogP contribution in [0.25, 0.3) is 0 Å². The summed E-state index contributed by atoms with van der Waals surface area (Å²) in [5, 5.41) is 4.29. The molecule has 1 unspecified atom stereocenters. The normalized spacial score (nSPS) is 12.5. The SMILES string of the molecule is C/C=N/NC(=O)C(C)Oc1ccc(Cl)cc1C. The van der Waals surface area contributed by atoms with Gasteiger partial charge in [-0.2, -0.15) is 5.10 Å². The largest absolute Gasteiger partial charge is 0.481 e. The van der Waals surface area contributed by atoms with E-state index in [1.165, 1.54) is 6.21 Å². The smallest absolute Gasteiger partial charge is 0.280 e. The number of nitrogens with one attached hydrogen (secondary N) is 1. The van der Waals surface area contributed by atoms with Gasteiger partial charge in [-0.1, -0.05) is 11.6 Å². The lowest BCUT2D eigenvalue weighted by atomic mass is 10.2. The number of hydrazone groups is 1. The van der Waals surface area contributed by atoms with E-state index in [4.69, 9.17) is 16.3 Å². The Morgan fingerprint density at radius 1 is 1.59 bits per heavy atom. The van der Waals surface area contributed by atoms with Crippen LogP contribution < -0.4 is 10.2 Å². The van der Waals surface area contributed by atoms with Crippen molar-refractivity contribution < 1.29 is 9.53 Å². The highest BCUT2D eigenvalue weighted by atomic mass is 35.5. The minimum absolute atomic E-state index is 0.294. The van der Waals surface area contributed by atoms with Gasteiger partial charge in [-0.15, -0.1) is 0 Å². The van der Waals surface area contributed by atoms with Crippen LogP contribution in [0.15, 0.2) is 23.3 Å². The third-order valence-electron chi connectivity index (χ3n) is 2.11. The highest BCUT2D eigenvalue weighted by Gasteiger charge is 2.14. The quantitative estimate of drug-likeness (QED) is 0.663. The Hall–Kier alpha value is -1.55. The molecule has 0 aliphatic heterocycles. The molecule has 92 valence electrons. The molecule has 0 bridgehead atoms. The zero-order chi connectivity index (χ0) is 12.8. The summed E-state index contributed by atoms with van der Waals surface area (Å²) in [7, 11) is 0. The number of aryl methyl sites for hydroxylation is 1. The minimum Gasteiger partial charge on any atom is -0.481 e. The second kappa shape index (κ2) is 6.25. The average Bonchev–Trinajstić information content (AvgIpc) is 2.29. The molecule has 0 aromatic heterocycles. The number of ether oxygens (including phenoxy) is 1. The minimum atomic E-state index is -0.612. The number of rotatable bonds is 4. The fraction of sp³-hybridized carbons (Fsp3) is 0.333. The second-order valence-electron chi connectivity index (χ2n) is 3.53. The zero-order valence-corrected chi connectivity index (χ0v) is 10.8. The molecule has 0 saturated heterocycles. The van der Waals surface area contributed by atoms with Crippen LogP contribution in [0.3, 0.4) is 0 Å². The lowest BCUT2D eigenvalue weighted by Gasteiger charge is -2.14. The van der Waals surface area contributed by atoms with Crippen molar-refractivity contribution in [1.82, 2.24) is 5.43 Å². The van der Waals surface area contributed by atoms with E-state index in [2.05, 4.69) is 10.5 Å². The Morgan fingerprint density at radius 2 is 2.29 bits per heavy atom. The van der Waals surface area contributed by atoms with E-state index < -0.39 is 6.10 Å². The molecular weight excluding hydrogens is 240 g/mol. The molecule has 0 radical (unpaired) electrons. The van der Waals surface area contributed by atoms with Crippen LogP contribution in [-0.2, 0) is 4.79 Å². The van der Waals surface area contributed by atoms with Crippen molar-refractivity contribution in [1.29, 1.82) is 0 Å². The standard InChI is InChI=1S/C12H15ClN2O2/c1-4-14-15-12(16)9(3)17-11-6-5-10(13)7-8(11)2/h4-7,9H,1-3H3,(H,15,16)/b14-4+. The van der Waals surface area contributed by atoms with Gasteiger partial charge in [-0.25, -0.2) is 5.43 Å². The first kappa shape index (κ1) is 13.5. The van der Waals surface area contributed by atoms with Gasteiger partial charge < -0.3 is 4.74 Å². The molecule has 0 fully saturated rings. The molecule has 0 spiro atoms. The Labute approximate surface area is 106 Å². The van der Waals surface area contributed by atoms with Crippen LogP contribution in [-0.4, -0.2) is 18.2 Å². The molecule has 5 heteroatoms. The van der Waals surface area contributed by atoms with Gasteiger partial charge in [-0.05, 0) is 44.5 Å².